The summed E-state index contributed by atoms with van der Waals surface area (Å²) in [5.74, 6) is 0.343. The Balaban J connectivity index is 1.66. The minimum Gasteiger partial charge on any atom is -0.340 e. The van der Waals surface area contributed by atoms with Gasteiger partial charge in [-0.15, -0.1) is 0 Å². The Labute approximate surface area is 115 Å². The zero-order valence-corrected chi connectivity index (χ0v) is 12.4. The van der Waals surface area contributed by atoms with Gasteiger partial charge in [0.05, 0.1) is 0 Å². The highest BCUT2D eigenvalue weighted by Gasteiger charge is 2.23. The number of rotatable bonds is 4. The van der Waals surface area contributed by atoms with Crippen LogP contribution in [0.25, 0.3) is 0 Å². The summed E-state index contributed by atoms with van der Waals surface area (Å²) in [4.78, 5) is 18.8. The molecule has 0 N–H and O–H groups in total. The molecule has 0 aliphatic carbocycles. The number of amides is 1. The molecule has 104 valence electrons. The Morgan fingerprint density at radius 3 is 2.56 bits per heavy atom. The van der Waals surface area contributed by atoms with E-state index in [4.69, 9.17) is 0 Å². The normalized spacial score (nSPS) is 26.8. The molecule has 18 heavy (non-hydrogen) atoms. The number of nitrogens with zero attached hydrogens (tertiary/aromatic N) is 3. The predicted molar refractivity (Wildman–Crippen MR) is 77.1 cm³/mol. The van der Waals surface area contributed by atoms with Crippen LogP contribution in [0.3, 0.4) is 0 Å². The molecule has 0 saturated carbocycles. The third-order valence-electron chi connectivity index (χ3n) is 4.06. The molecule has 2 saturated heterocycles. The molecule has 2 heterocycles. The Bertz CT molecular complexity index is 279. The van der Waals surface area contributed by atoms with Crippen molar-refractivity contribution in [3.63, 3.8) is 0 Å². The van der Waals surface area contributed by atoms with Gasteiger partial charge in [0.15, 0.2) is 0 Å². The van der Waals surface area contributed by atoms with Crippen LogP contribution in [0.1, 0.15) is 12.8 Å². The van der Waals surface area contributed by atoms with Gasteiger partial charge in [-0.1, -0.05) is 0 Å². The molecule has 0 bridgehead atoms. The molecule has 5 heteroatoms. The highest BCUT2D eigenvalue weighted by atomic mass is 32.2. The number of likely N-dealkylation sites (tertiary alicyclic amines) is 1. The number of hydrogen-bond donors (Lipinski definition) is 0. The van der Waals surface area contributed by atoms with E-state index in [-0.39, 0.29) is 0 Å². The fourth-order valence-electron chi connectivity index (χ4n) is 2.66. The molecule has 0 aromatic carbocycles. The second-order valence-electron chi connectivity index (χ2n) is 5.38. The van der Waals surface area contributed by atoms with E-state index in [1.54, 1.807) is 0 Å². The third kappa shape index (κ3) is 3.87. The average Bonchev–Trinajstić information content (AvgIpc) is 2.85. The summed E-state index contributed by atoms with van der Waals surface area (Å²) in [7, 11) is 2.12. The lowest BCUT2D eigenvalue weighted by molar-refractivity contribution is -0.133. The van der Waals surface area contributed by atoms with Crippen molar-refractivity contribution in [1.82, 2.24) is 14.7 Å². The monoisotopic (exact) mass is 271 g/mol. The molecule has 4 nitrogen and oxygen atoms in total. The maximum Gasteiger partial charge on any atom is 0.223 e. The van der Waals surface area contributed by atoms with Crippen molar-refractivity contribution >= 4 is 17.7 Å². The van der Waals surface area contributed by atoms with E-state index in [0.717, 1.165) is 44.5 Å². The molecule has 1 amide bonds. The highest BCUT2D eigenvalue weighted by Crippen LogP contribution is 2.20. The summed E-state index contributed by atoms with van der Waals surface area (Å²) in [6, 6.07) is 0. The second-order valence-corrected chi connectivity index (χ2v) is 6.52. The first-order chi connectivity index (χ1) is 8.69. The molecule has 1 atom stereocenters. The maximum atomic E-state index is 12.1. The first-order valence-electron chi connectivity index (χ1n) is 6.90. The Morgan fingerprint density at radius 1 is 1.22 bits per heavy atom. The van der Waals surface area contributed by atoms with Crippen molar-refractivity contribution in [3.05, 3.63) is 0 Å². The second kappa shape index (κ2) is 6.78. The van der Waals surface area contributed by atoms with Crippen LogP contribution in [0.2, 0.25) is 0 Å². The van der Waals surface area contributed by atoms with Crippen LogP contribution in [-0.4, -0.2) is 85.0 Å². The van der Waals surface area contributed by atoms with E-state index in [9.17, 15) is 4.79 Å². The van der Waals surface area contributed by atoms with Crippen molar-refractivity contribution in [2.75, 3.05) is 59.1 Å². The molecule has 0 unspecified atom stereocenters. The fraction of sp³-hybridized carbons (Fsp3) is 0.923. The molecule has 0 aromatic rings. The van der Waals surface area contributed by atoms with Gasteiger partial charge in [0.25, 0.3) is 0 Å². The minimum absolute atomic E-state index is 0.343. The molecule has 2 aliphatic rings. The average molecular weight is 271 g/mol. The van der Waals surface area contributed by atoms with Gasteiger partial charge in [0.1, 0.15) is 0 Å². The molecule has 0 aromatic heterocycles. The van der Waals surface area contributed by atoms with Crippen LogP contribution in [0.15, 0.2) is 0 Å². The van der Waals surface area contributed by atoms with Crippen LogP contribution in [0, 0.1) is 0 Å². The summed E-state index contributed by atoms with van der Waals surface area (Å²) in [5.41, 5.74) is 0. The highest BCUT2D eigenvalue weighted by molar-refractivity contribution is 7.99. The van der Waals surface area contributed by atoms with Crippen LogP contribution in [0.4, 0.5) is 0 Å². The lowest BCUT2D eigenvalue weighted by atomic mass is 10.3. The molecule has 2 rings (SSSR count). The Morgan fingerprint density at radius 2 is 1.94 bits per heavy atom. The molecule has 2 aliphatic heterocycles. The minimum atomic E-state index is 0.343. The van der Waals surface area contributed by atoms with E-state index in [2.05, 4.69) is 23.1 Å². The van der Waals surface area contributed by atoms with E-state index in [0.29, 0.717) is 12.3 Å². The first-order valence-corrected chi connectivity index (χ1v) is 8.19. The lowest BCUT2D eigenvalue weighted by Crippen LogP contribution is -2.47. The number of carbonyl (C=O) groups excluding carboxylic acids is 1. The summed E-state index contributed by atoms with van der Waals surface area (Å²) in [6.45, 7) is 7.13. The summed E-state index contributed by atoms with van der Waals surface area (Å²) in [5, 5.41) is 0.781. The van der Waals surface area contributed by atoms with Crippen LogP contribution >= 0.6 is 11.8 Å². The topological polar surface area (TPSA) is 26.8 Å². The summed E-state index contributed by atoms with van der Waals surface area (Å²) >= 11 is 1.96. The quantitative estimate of drug-likeness (QED) is 0.748. The number of piperazine rings is 1. The fourth-order valence-corrected chi connectivity index (χ4v) is 3.36. The van der Waals surface area contributed by atoms with Gasteiger partial charge in [-0.05, 0) is 26.3 Å². The van der Waals surface area contributed by atoms with Crippen molar-refractivity contribution < 1.29 is 4.79 Å². The Kier molecular flexibility index (Phi) is 5.33. The van der Waals surface area contributed by atoms with Crippen LogP contribution < -0.4 is 0 Å². The maximum absolute atomic E-state index is 12.1. The third-order valence-corrected chi connectivity index (χ3v) is 5.11. The predicted octanol–water partition coefficient (Wildman–Crippen LogP) is 0.588. The summed E-state index contributed by atoms with van der Waals surface area (Å²) in [6.07, 6.45) is 4.16. The van der Waals surface area contributed by atoms with E-state index in [1.165, 1.54) is 13.0 Å². The van der Waals surface area contributed by atoms with Gasteiger partial charge in [-0.25, -0.2) is 0 Å². The van der Waals surface area contributed by atoms with Crippen LogP contribution in [0.5, 0.6) is 0 Å². The van der Waals surface area contributed by atoms with Crippen LogP contribution in [-0.2, 0) is 4.79 Å². The van der Waals surface area contributed by atoms with E-state index >= 15 is 0 Å². The Hall–Kier alpha value is -0.260. The molecule has 2 fully saturated rings. The smallest absolute Gasteiger partial charge is 0.223 e. The van der Waals surface area contributed by atoms with Gasteiger partial charge < -0.3 is 14.7 Å². The van der Waals surface area contributed by atoms with Gasteiger partial charge in [-0.3, -0.25) is 4.79 Å². The zero-order valence-electron chi connectivity index (χ0n) is 11.6. The molecule has 0 radical (unpaired) electrons. The number of likely N-dealkylation sites (N-methyl/N-ethyl adjacent to an activating group) is 1. The molecular weight excluding hydrogens is 246 g/mol. The van der Waals surface area contributed by atoms with Gasteiger partial charge in [0, 0.05) is 50.9 Å². The lowest BCUT2D eigenvalue weighted by Gasteiger charge is -2.32. The largest absolute Gasteiger partial charge is 0.340 e. The van der Waals surface area contributed by atoms with Gasteiger partial charge >= 0.3 is 0 Å². The zero-order chi connectivity index (χ0) is 13.0. The molecule has 0 spiro atoms. The van der Waals surface area contributed by atoms with E-state index < -0.39 is 0 Å². The number of hydrogen-bond acceptors (Lipinski definition) is 4. The molecular formula is C13H25N3OS. The van der Waals surface area contributed by atoms with Crippen molar-refractivity contribution in [2.24, 2.45) is 0 Å². The van der Waals surface area contributed by atoms with Crippen molar-refractivity contribution in [1.29, 1.82) is 0 Å². The van der Waals surface area contributed by atoms with E-state index in [1.807, 2.05) is 16.7 Å². The SMILES string of the molecule is CS[C@H]1CCN(CCC(=O)N2CCN(C)CC2)C1. The number of carbonyl (C=O) groups is 1. The van der Waals surface area contributed by atoms with Gasteiger partial charge in [0.2, 0.25) is 5.91 Å². The summed E-state index contributed by atoms with van der Waals surface area (Å²) < 4.78 is 0. The van der Waals surface area contributed by atoms with Gasteiger partial charge in [-0.2, -0.15) is 11.8 Å². The van der Waals surface area contributed by atoms with Crippen molar-refractivity contribution in [3.8, 4) is 0 Å². The standard InChI is InChI=1S/C13H25N3OS/c1-14-7-9-16(10-8-14)13(17)4-6-15-5-3-12(11-15)18-2/h12H,3-11H2,1-2H3/t12-/m0/s1. The first kappa shape index (κ1) is 14.2. The number of thioether (sulfide) groups is 1. The van der Waals surface area contributed by atoms with Crippen molar-refractivity contribution in [2.45, 2.75) is 18.1 Å².